The molecule has 2 fully saturated rings. The van der Waals surface area contributed by atoms with Gasteiger partial charge in [-0.15, -0.1) is 0 Å². The molecule has 226 valence electrons. The molecule has 5 rings (SSSR count). The van der Waals surface area contributed by atoms with Crippen molar-refractivity contribution in [3.8, 4) is 0 Å². The van der Waals surface area contributed by atoms with E-state index in [1.54, 1.807) is 0 Å². The van der Waals surface area contributed by atoms with Crippen molar-refractivity contribution in [2.45, 2.75) is 91.8 Å². The topological polar surface area (TPSA) is 79.3 Å². The summed E-state index contributed by atoms with van der Waals surface area (Å²) in [6.45, 7) is 14.1. The number of hydrogen-bond donors (Lipinski definition) is 2. The molecule has 0 spiro atoms. The highest BCUT2D eigenvalue weighted by atomic mass is 19.1. The molecule has 0 radical (unpaired) electrons. The zero-order valence-corrected chi connectivity index (χ0v) is 25.8. The smallest absolute Gasteiger partial charge is 0.257 e. The number of fused-ring (bicyclic) bond motifs is 1. The van der Waals surface area contributed by atoms with Crippen molar-refractivity contribution < 1.29 is 14.0 Å². The number of hydrogen-bond acceptors (Lipinski definition) is 4. The number of piperidine rings is 1. The summed E-state index contributed by atoms with van der Waals surface area (Å²) >= 11 is 0. The van der Waals surface area contributed by atoms with Gasteiger partial charge in [-0.05, 0) is 119 Å². The summed E-state index contributed by atoms with van der Waals surface area (Å²) in [5.41, 5.74) is 3.80. The molecular weight excluding hydrogens is 529 g/mol. The Labute approximate surface area is 249 Å². The first-order chi connectivity index (χ1) is 20.0. The molecule has 8 heteroatoms. The van der Waals surface area contributed by atoms with Gasteiger partial charge in [0.25, 0.3) is 5.91 Å². The van der Waals surface area contributed by atoms with Crippen LogP contribution in [0.15, 0.2) is 42.5 Å². The minimum Gasteiger partial charge on any atom is -0.354 e. The van der Waals surface area contributed by atoms with Crippen molar-refractivity contribution >= 4 is 28.8 Å². The first-order valence-electron chi connectivity index (χ1n) is 15.6. The molecule has 0 bridgehead atoms. The van der Waals surface area contributed by atoms with Crippen LogP contribution in [0.2, 0.25) is 0 Å². The quantitative estimate of drug-likeness (QED) is 0.320. The van der Waals surface area contributed by atoms with E-state index < -0.39 is 0 Å². The standard InChI is InChI=1S/C34H46FN5O2/c1-22(2)36-31(41)25-9-13-28(14-10-25)40-30-20-23(21-39-18-16-26(17-19-39)34(3,4)5)6-15-29(30)37-33(40)38-32(42)24-7-11-27(35)12-8-24/h6-8,11-12,15,20,22,25-26,28H,9-10,13-14,16-19,21H2,1-5H3,(H,36,41)(H,37,38,42)/t25-,28+. The third-order valence-corrected chi connectivity index (χ3v) is 9.17. The fraction of sp³-hybridized carbons (Fsp3) is 0.559. The Kier molecular flexibility index (Phi) is 9.02. The Morgan fingerprint density at radius 3 is 2.26 bits per heavy atom. The van der Waals surface area contributed by atoms with Gasteiger partial charge in [0.2, 0.25) is 11.9 Å². The third kappa shape index (κ3) is 7.02. The van der Waals surface area contributed by atoms with E-state index in [2.05, 4.69) is 59.1 Å². The number of nitrogens with one attached hydrogen (secondary N) is 2. The average molecular weight is 576 g/mol. The van der Waals surface area contributed by atoms with Gasteiger partial charge >= 0.3 is 0 Å². The Morgan fingerprint density at radius 1 is 0.976 bits per heavy atom. The van der Waals surface area contributed by atoms with Gasteiger partial charge in [0.15, 0.2) is 0 Å². The number of halogens is 1. The maximum atomic E-state index is 13.5. The van der Waals surface area contributed by atoms with Gasteiger partial charge < -0.3 is 9.88 Å². The van der Waals surface area contributed by atoms with Crippen LogP contribution in [0, 0.1) is 23.1 Å². The van der Waals surface area contributed by atoms with Crippen LogP contribution in [-0.2, 0) is 11.3 Å². The Hall–Kier alpha value is -3.26. The fourth-order valence-electron chi connectivity index (χ4n) is 6.68. The maximum absolute atomic E-state index is 13.5. The number of nitrogens with zero attached hydrogens (tertiary/aromatic N) is 3. The molecule has 2 aliphatic rings. The van der Waals surface area contributed by atoms with E-state index in [-0.39, 0.29) is 35.6 Å². The van der Waals surface area contributed by atoms with Gasteiger partial charge in [0.1, 0.15) is 5.82 Å². The molecule has 42 heavy (non-hydrogen) atoms. The number of amides is 2. The van der Waals surface area contributed by atoms with Crippen molar-refractivity contribution in [1.82, 2.24) is 19.8 Å². The summed E-state index contributed by atoms with van der Waals surface area (Å²) in [7, 11) is 0. The molecule has 0 atom stereocenters. The van der Waals surface area contributed by atoms with Crippen LogP contribution >= 0.6 is 0 Å². The molecule has 0 unspecified atom stereocenters. The first kappa shape index (κ1) is 30.2. The van der Waals surface area contributed by atoms with Gasteiger partial charge in [0, 0.05) is 30.1 Å². The van der Waals surface area contributed by atoms with Crippen LogP contribution in [0.5, 0.6) is 0 Å². The minimum absolute atomic E-state index is 0.00211. The second-order valence-electron chi connectivity index (χ2n) is 13.7. The molecule has 7 nitrogen and oxygen atoms in total. The molecule has 2 heterocycles. The Morgan fingerprint density at radius 2 is 1.64 bits per heavy atom. The second kappa shape index (κ2) is 12.5. The number of rotatable bonds is 7. The van der Waals surface area contributed by atoms with Crippen LogP contribution in [0.1, 0.15) is 95.1 Å². The fourth-order valence-corrected chi connectivity index (χ4v) is 6.68. The van der Waals surface area contributed by atoms with Gasteiger partial charge in [-0.3, -0.25) is 19.8 Å². The number of carbonyl (C=O) groups excluding carboxylic acids is 2. The van der Waals surface area contributed by atoms with Crippen LogP contribution in [0.25, 0.3) is 11.0 Å². The van der Waals surface area contributed by atoms with Gasteiger partial charge in [-0.25, -0.2) is 9.37 Å². The first-order valence-corrected chi connectivity index (χ1v) is 15.6. The predicted molar refractivity (Wildman–Crippen MR) is 166 cm³/mol. The predicted octanol–water partition coefficient (Wildman–Crippen LogP) is 6.94. The second-order valence-corrected chi connectivity index (χ2v) is 13.7. The van der Waals surface area contributed by atoms with Gasteiger partial charge in [-0.1, -0.05) is 26.8 Å². The minimum atomic E-state index is -0.382. The summed E-state index contributed by atoms with van der Waals surface area (Å²) in [4.78, 5) is 33.3. The van der Waals surface area contributed by atoms with E-state index in [1.807, 2.05) is 13.8 Å². The molecule has 2 aromatic carbocycles. The lowest BCUT2D eigenvalue weighted by molar-refractivity contribution is -0.126. The highest BCUT2D eigenvalue weighted by molar-refractivity contribution is 6.04. The highest BCUT2D eigenvalue weighted by Gasteiger charge is 2.31. The van der Waals surface area contributed by atoms with E-state index in [9.17, 15) is 14.0 Å². The molecular formula is C34H46FN5O2. The van der Waals surface area contributed by atoms with Crippen molar-refractivity contribution in [2.24, 2.45) is 17.3 Å². The van der Waals surface area contributed by atoms with Gasteiger partial charge in [-0.2, -0.15) is 0 Å². The maximum Gasteiger partial charge on any atom is 0.257 e. The summed E-state index contributed by atoms with van der Waals surface area (Å²) in [5, 5.41) is 6.08. The molecule has 1 saturated carbocycles. The highest BCUT2D eigenvalue weighted by Crippen LogP contribution is 2.38. The van der Waals surface area contributed by atoms with Crippen LogP contribution in [0.4, 0.5) is 10.3 Å². The normalized spacial score (nSPS) is 20.6. The van der Waals surface area contributed by atoms with Crippen molar-refractivity contribution in [1.29, 1.82) is 0 Å². The van der Waals surface area contributed by atoms with E-state index in [0.717, 1.165) is 62.3 Å². The lowest BCUT2D eigenvalue weighted by Gasteiger charge is -2.38. The van der Waals surface area contributed by atoms with Crippen molar-refractivity contribution in [3.63, 3.8) is 0 Å². The monoisotopic (exact) mass is 575 g/mol. The molecule has 1 saturated heterocycles. The lowest BCUT2D eigenvalue weighted by atomic mass is 9.75. The molecule has 3 aromatic rings. The number of likely N-dealkylation sites (tertiary alicyclic amines) is 1. The number of imidazole rings is 1. The summed E-state index contributed by atoms with van der Waals surface area (Å²) in [6.07, 6.45) is 5.66. The zero-order chi connectivity index (χ0) is 30.0. The molecule has 1 aromatic heterocycles. The van der Waals surface area contributed by atoms with E-state index in [4.69, 9.17) is 4.98 Å². The van der Waals surface area contributed by atoms with Gasteiger partial charge in [0.05, 0.1) is 11.0 Å². The van der Waals surface area contributed by atoms with Crippen LogP contribution in [0.3, 0.4) is 0 Å². The molecule has 2 amide bonds. The van der Waals surface area contributed by atoms with E-state index in [1.165, 1.54) is 42.7 Å². The van der Waals surface area contributed by atoms with Crippen molar-refractivity contribution in [3.05, 3.63) is 59.4 Å². The lowest BCUT2D eigenvalue weighted by Crippen LogP contribution is -2.37. The summed E-state index contributed by atoms with van der Waals surface area (Å²) in [6, 6.07) is 12.2. The Balaban J connectivity index is 1.39. The van der Waals surface area contributed by atoms with Crippen LogP contribution in [-0.4, -0.2) is 45.4 Å². The number of anilines is 1. The average Bonchev–Trinajstić information content (AvgIpc) is 3.30. The third-order valence-electron chi connectivity index (χ3n) is 9.17. The Bertz CT molecular complexity index is 1390. The summed E-state index contributed by atoms with van der Waals surface area (Å²) in [5.74, 6) is 0.675. The summed E-state index contributed by atoms with van der Waals surface area (Å²) < 4.78 is 15.6. The number of benzene rings is 2. The number of carbonyl (C=O) groups is 2. The molecule has 1 aliphatic heterocycles. The van der Waals surface area contributed by atoms with Crippen LogP contribution < -0.4 is 10.6 Å². The zero-order valence-electron chi connectivity index (χ0n) is 25.8. The van der Waals surface area contributed by atoms with Crippen molar-refractivity contribution in [2.75, 3.05) is 18.4 Å². The van der Waals surface area contributed by atoms with E-state index in [0.29, 0.717) is 16.9 Å². The molecule has 2 N–H and O–H groups in total. The molecule has 1 aliphatic carbocycles. The largest absolute Gasteiger partial charge is 0.354 e. The van der Waals surface area contributed by atoms with E-state index >= 15 is 0 Å². The SMILES string of the molecule is CC(C)NC(=O)[C@H]1CC[C@@H](n2c(NC(=O)c3ccc(F)cc3)nc3ccc(CN4CCC(C(C)(C)C)CC4)cc32)CC1. The number of aromatic nitrogens is 2.